The maximum Gasteiger partial charge on any atom is 0.274 e. The number of anilines is 1. The summed E-state index contributed by atoms with van der Waals surface area (Å²) in [4.78, 5) is 10.5. The zero-order chi connectivity index (χ0) is 14.7. The van der Waals surface area contributed by atoms with Gasteiger partial charge in [-0.2, -0.15) is 0 Å². The zero-order valence-corrected chi connectivity index (χ0v) is 12.2. The van der Waals surface area contributed by atoms with Crippen molar-refractivity contribution in [1.29, 1.82) is 0 Å². The molecule has 0 saturated carbocycles. The number of hydrogen-bond donors (Lipinski definition) is 1. The van der Waals surface area contributed by atoms with Crippen LogP contribution < -0.4 is 5.32 Å². The molecule has 2 aromatic carbocycles. The van der Waals surface area contributed by atoms with E-state index < -0.39 is 4.92 Å². The van der Waals surface area contributed by atoms with Gasteiger partial charge >= 0.3 is 0 Å². The molecule has 0 fully saturated rings. The molecule has 0 aliphatic heterocycles. The minimum Gasteiger partial charge on any atom is -0.380 e. The van der Waals surface area contributed by atoms with Gasteiger partial charge in [0.2, 0.25) is 0 Å². The van der Waals surface area contributed by atoms with Crippen LogP contribution in [-0.2, 0) is 6.54 Å². The molecule has 0 bridgehead atoms. The van der Waals surface area contributed by atoms with Crippen LogP contribution in [0.1, 0.15) is 11.1 Å². The van der Waals surface area contributed by atoms with E-state index in [1.165, 1.54) is 6.07 Å². The van der Waals surface area contributed by atoms with Crippen LogP contribution in [0.5, 0.6) is 0 Å². The van der Waals surface area contributed by atoms with E-state index in [0.29, 0.717) is 27.8 Å². The highest BCUT2D eigenvalue weighted by molar-refractivity contribution is 6.35. The molecular weight excluding hydrogens is 299 g/mol. The van der Waals surface area contributed by atoms with Crippen molar-refractivity contribution >= 4 is 34.6 Å². The first-order chi connectivity index (χ1) is 9.49. The second kappa shape index (κ2) is 6.11. The van der Waals surface area contributed by atoms with Crippen molar-refractivity contribution in [1.82, 2.24) is 0 Å². The van der Waals surface area contributed by atoms with Gasteiger partial charge < -0.3 is 5.32 Å². The molecule has 0 unspecified atom stereocenters. The van der Waals surface area contributed by atoms with Crippen LogP contribution in [0.25, 0.3) is 0 Å². The lowest BCUT2D eigenvalue weighted by Gasteiger charge is -2.11. The Bertz CT molecular complexity index is 660. The number of nitrogens with zero attached hydrogens (tertiary/aromatic N) is 1. The van der Waals surface area contributed by atoms with E-state index in [-0.39, 0.29) is 5.69 Å². The number of hydrogen-bond acceptors (Lipinski definition) is 3. The molecule has 0 radical (unpaired) electrons. The minimum atomic E-state index is -0.393. The predicted octanol–water partition coefficient (Wildman–Crippen LogP) is 4.82. The number of benzene rings is 2. The fourth-order valence-corrected chi connectivity index (χ4v) is 2.34. The largest absolute Gasteiger partial charge is 0.380 e. The third-order valence-corrected chi connectivity index (χ3v) is 3.57. The molecule has 0 spiro atoms. The van der Waals surface area contributed by atoms with Crippen molar-refractivity contribution in [3.63, 3.8) is 0 Å². The first-order valence-electron chi connectivity index (χ1n) is 5.91. The maximum absolute atomic E-state index is 10.9. The Hall–Kier alpha value is -1.78. The summed E-state index contributed by atoms with van der Waals surface area (Å²) < 4.78 is 0. The topological polar surface area (TPSA) is 55.2 Å². The molecule has 0 aliphatic rings. The van der Waals surface area contributed by atoms with Crippen molar-refractivity contribution in [2.24, 2.45) is 0 Å². The molecular formula is C14H12Cl2N2O2. The lowest BCUT2D eigenvalue weighted by Crippen LogP contribution is -2.03. The van der Waals surface area contributed by atoms with Gasteiger partial charge in [0.1, 0.15) is 0 Å². The van der Waals surface area contributed by atoms with Gasteiger partial charge in [-0.3, -0.25) is 10.1 Å². The van der Waals surface area contributed by atoms with E-state index in [2.05, 4.69) is 5.32 Å². The summed E-state index contributed by atoms with van der Waals surface area (Å²) in [7, 11) is 0. The average Bonchev–Trinajstić information content (AvgIpc) is 2.39. The third-order valence-electron chi connectivity index (χ3n) is 2.99. The Kier molecular flexibility index (Phi) is 4.47. The predicted molar refractivity (Wildman–Crippen MR) is 81.6 cm³/mol. The van der Waals surface area contributed by atoms with E-state index in [1.54, 1.807) is 31.2 Å². The smallest absolute Gasteiger partial charge is 0.274 e. The van der Waals surface area contributed by atoms with E-state index in [4.69, 9.17) is 23.2 Å². The lowest BCUT2D eigenvalue weighted by atomic mass is 10.1. The van der Waals surface area contributed by atoms with Gasteiger partial charge in [0.05, 0.1) is 4.92 Å². The van der Waals surface area contributed by atoms with Gasteiger partial charge in [0, 0.05) is 33.9 Å². The summed E-state index contributed by atoms with van der Waals surface area (Å²) in [6, 6.07) is 10.2. The van der Waals surface area contributed by atoms with Crippen LogP contribution in [0.15, 0.2) is 36.4 Å². The molecule has 0 saturated heterocycles. The van der Waals surface area contributed by atoms with Crippen LogP contribution >= 0.6 is 23.2 Å². The summed E-state index contributed by atoms with van der Waals surface area (Å²) in [6.45, 7) is 2.18. The first kappa shape index (κ1) is 14.6. The molecule has 1 N–H and O–H groups in total. The van der Waals surface area contributed by atoms with Gasteiger partial charge in [0.25, 0.3) is 5.69 Å². The van der Waals surface area contributed by atoms with Crippen molar-refractivity contribution in [3.05, 3.63) is 67.7 Å². The summed E-state index contributed by atoms with van der Waals surface area (Å²) in [5, 5.41) is 15.2. The number of halogens is 2. The fraction of sp³-hybridized carbons (Fsp3) is 0.143. The maximum atomic E-state index is 10.9. The van der Waals surface area contributed by atoms with Gasteiger partial charge in [-0.05, 0) is 30.7 Å². The summed E-state index contributed by atoms with van der Waals surface area (Å²) in [5.74, 6) is 0. The highest BCUT2D eigenvalue weighted by Gasteiger charge is 2.13. The number of rotatable bonds is 4. The van der Waals surface area contributed by atoms with Gasteiger partial charge in [-0.15, -0.1) is 0 Å². The van der Waals surface area contributed by atoms with Gasteiger partial charge in [-0.1, -0.05) is 35.3 Å². The standard InChI is InChI=1S/C14H12Cl2N2O2/c1-9-13(3-2-4-14(9)18(19)20)17-8-10-5-6-11(15)7-12(10)16/h2-7,17H,8H2,1H3. The van der Waals surface area contributed by atoms with Crippen molar-refractivity contribution in [3.8, 4) is 0 Å². The van der Waals surface area contributed by atoms with Crippen LogP contribution in [0.3, 0.4) is 0 Å². The van der Waals surface area contributed by atoms with E-state index in [1.807, 2.05) is 6.07 Å². The van der Waals surface area contributed by atoms with Crippen molar-refractivity contribution in [2.45, 2.75) is 13.5 Å². The second-order valence-electron chi connectivity index (χ2n) is 4.30. The van der Waals surface area contributed by atoms with E-state index in [9.17, 15) is 10.1 Å². The zero-order valence-electron chi connectivity index (χ0n) is 10.7. The molecule has 0 heterocycles. The SMILES string of the molecule is Cc1c(NCc2ccc(Cl)cc2Cl)cccc1[N+](=O)[O-]. The fourth-order valence-electron chi connectivity index (χ4n) is 1.87. The highest BCUT2D eigenvalue weighted by Crippen LogP contribution is 2.27. The molecule has 0 atom stereocenters. The number of nitro groups is 1. The van der Waals surface area contributed by atoms with Crippen molar-refractivity contribution in [2.75, 3.05) is 5.32 Å². The summed E-state index contributed by atoms with van der Waals surface area (Å²) >= 11 is 11.9. The van der Waals surface area contributed by atoms with E-state index in [0.717, 1.165) is 5.56 Å². The monoisotopic (exact) mass is 310 g/mol. The highest BCUT2D eigenvalue weighted by atomic mass is 35.5. The Morgan fingerprint density at radius 1 is 1.25 bits per heavy atom. The normalized spacial score (nSPS) is 10.3. The number of nitrogens with one attached hydrogen (secondary N) is 1. The van der Waals surface area contributed by atoms with E-state index >= 15 is 0 Å². The molecule has 0 aromatic heterocycles. The molecule has 6 heteroatoms. The Labute approximate surface area is 126 Å². The number of nitro benzene ring substituents is 1. The van der Waals surface area contributed by atoms with Gasteiger partial charge in [0.15, 0.2) is 0 Å². The third kappa shape index (κ3) is 3.21. The molecule has 2 rings (SSSR count). The minimum absolute atomic E-state index is 0.0946. The molecule has 2 aromatic rings. The van der Waals surface area contributed by atoms with Crippen molar-refractivity contribution < 1.29 is 4.92 Å². The summed E-state index contributed by atoms with van der Waals surface area (Å²) in [5.41, 5.74) is 2.28. The molecule has 0 amide bonds. The van der Waals surface area contributed by atoms with Crippen LogP contribution in [0.2, 0.25) is 10.0 Å². The average molecular weight is 311 g/mol. The van der Waals surface area contributed by atoms with Crippen LogP contribution in [0.4, 0.5) is 11.4 Å². The van der Waals surface area contributed by atoms with Crippen LogP contribution in [0, 0.1) is 17.0 Å². The lowest BCUT2D eigenvalue weighted by molar-refractivity contribution is -0.385. The first-order valence-corrected chi connectivity index (χ1v) is 6.66. The Morgan fingerprint density at radius 2 is 2.00 bits per heavy atom. The quantitative estimate of drug-likeness (QED) is 0.650. The van der Waals surface area contributed by atoms with Crippen LogP contribution in [-0.4, -0.2) is 4.92 Å². The molecule has 4 nitrogen and oxygen atoms in total. The van der Waals surface area contributed by atoms with Gasteiger partial charge in [-0.25, -0.2) is 0 Å². The molecule has 104 valence electrons. The second-order valence-corrected chi connectivity index (χ2v) is 5.14. The summed E-state index contributed by atoms with van der Waals surface area (Å²) in [6.07, 6.45) is 0. The molecule has 20 heavy (non-hydrogen) atoms. The molecule has 0 aliphatic carbocycles. The Morgan fingerprint density at radius 3 is 2.65 bits per heavy atom. The Balaban J connectivity index is 2.19.